The van der Waals surface area contributed by atoms with Crippen LogP contribution in [0.5, 0.6) is 5.75 Å². The van der Waals surface area contributed by atoms with Crippen LogP contribution in [0.1, 0.15) is 31.9 Å². The summed E-state index contributed by atoms with van der Waals surface area (Å²) in [6.07, 6.45) is -0.00658. The Bertz CT molecular complexity index is 532. The number of hydrogen-bond acceptors (Lipinski definition) is 5. The Labute approximate surface area is 143 Å². The fourth-order valence-corrected chi connectivity index (χ4v) is 2.30. The standard InChI is InChI=1S/C17H29N2O5/c1-5-19(3,4)10-7-11-23-12-13-24-16-9-6-8-15(18(21)22)17(16)14(2)20/h6,8-9,14,20H,5,7,10-13H2,1-4H3/q+1. The third-order valence-corrected chi connectivity index (χ3v) is 4.05. The number of hydrogen-bond donors (Lipinski definition) is 1. The van der Waals surface area contributed by atoms with Gasteiger partial charge in [-0.2, -0.15) is 0 Å². The topological polar surface area (TPSA) is 81.8 Å². The fraction of sp³-hybridized carbons (Fsp3) is 0.647. The van der Waals surface area contributed by atoms with E-state index in [0.29, 0.717) is 19.0 Å². The van der Waals surface area contributed by atoms with Gasteiger partial charge in [0.05, 0.1) is 57.0 Å². The van der Waals surface area contributed by atoms with E-state index >= 15 is 0 Å². The first-order valence-electron chi connectivity index (χ1n) is 8.26. The molecule has 0 saturated carbocycles. The quantitative estimate of drug-likeness (QED) is 0.289. The lowest BCUT2D eigenvalue weighted by atomic mass is 10.1. The van der Waals surface area contributed by atoms with Gasteiger partial charge in [-0.25, -0.2) is 0 Å². The van der Waals surface area contributed by atoms with Crippen molar-refractivity contribution in [1.82, 2.24) is 0 Å². The number of nitro benzene ring substituents is 1. The summed E-state index contributed by atoms with van der Waals surface area (Å²) in [5.74, 6) is 0.326. The molecule has 1 N–H and O–H groups in total. The average molecular weight is 341 g/mol. The lowest BCUT2D eigenvalue weighted by molar-refractivity contribution is -0.888. The smallest absolute Gasteiger partial charge is 0.278 e. The van der Waals surface area contributed by atoms with Crippen molar-refractivity contribution in [2.24, 2.45) is 0 Å². The Kier molecular flexibility index (Phi) is 8.10. The largest absolute Gasteiger partial charge is 0.491 e. The van der Waals surface area contributed by atoms with Gasteiger partial charge in [0.1, 0.15) is 12.4 Å². The van der Waals surface area contributed by atoms with Gasteiger partial charge < -0.3 is 19.1 Å². The number of nitrogens with zero attached hydrogens (tertiary/aromatic N) is 2. The highest BCUT2D eigenvalue weighted by Gasteiger charge is 2.22. The molecule has 0 saturated heterocycles. The van der Waals surface area contributed by atoms with Gasteiger partial charge in [0, 0.05) is 12.5 Å². The first-order valence-corrected chi connectivity index (χ1v) is 8.26. The molecule has 1 rings (SSSR count). The van der Waals surface area contributed by atoms with Crippen molar-refractivity contribution in [3.05, 3.63) is 33.9 Å². The van der Waals surface area contributed by atoms with E-state index in [9.17, 15) is 15.2 Å². The number of rotatable bonds is 11. The molecule has 24 heavy (non-hydrogen) atoms. The molecule has 0 aliphatic carbocycles. The molecule has 0 amide bonds. The van der Waals surface area contributed by atoms with Gasteiger partial charge in [0.2, 0.25) is 0 Å². The van der Waals surface area contributed by atoms with Crippen LogP contribution in [0.4, 0.5) is 5.69 Å². The second-order valence-electron chi connectivity index (χ2n) is 6.41. The zero-order valence-corrected chi connectivity index (χ0v) is 15.0. The third-order valence-electron chi connectivity index (χ3n) is 4.05. The van der Waals surface area contributed by atoms with Crippen LogP contribution in [0.2, 0.25) is 0 Å². The van der Waals surface area contributed by atoms with Crippen molar-refractivity contribution in [2.45, 2.75) is 26.4 Å². The Morgan fingerprint density at radius 2 is 2.00 bits per heavy atom. The van der Waals surface area contributed by atoms with Crippen molar-refractivity contribution >= 4 is 5.69 Å². The summed E-state index contributed by atoms with van der Waals surface area (Å²) in [4.78, 5) is 10.5. The van der Waals surface area contributed by atoms with Crippen LogP contribution in [0.25, 0.3) is 0 Å². The van der Waals surface area contributed by atoms with E-state index in [0.717, 1.165) is 24.0 Å². The van der Waals surface area contributed by atoms with Crippen molar-refractivity contribution in [2.75, 3.05) is 47.0 Å². The molecule has 0 aliphatic rings. The van der Waals surface area contributed by atoms with Crippen molar-refractivity contribution in [1.29, 1.82) is 0 Å². The molecule has 0 fully saturated rings. The van der Waals surface area contributed by atoms with Crippen molar-refractivity contribution < 1.29 is 24.0 Å². The van der Waals surface area contributed by atoms with Crippen LogP contribution in [0.3, 0.4) is 0 Å². The van der Waals surface area contributed by atoms with Gasteiger partial charge in [-0.05, 0) is 19.9 Å². The maximum absolute atomic E-state index is 11.0. The zero-order chi connectivity index (χ0) is 18.2. The zero-order valence-electron chi connectivity index (χ0n) is 15.0. The highest BCUT2D eigenvalue weighted by molar-refractivity contribution is 5.50. The molecule has 0 aromatic heterocycles. The average Bonchev–Trinajstić information content (AvgIpc) is 2.53. The second kappa shape index (κ2) is 9.56. The van der Waals surface area contributed by atoms with Crippen LogP contribution < -0.4 is 4.74 Å². The molecule has 0 spiro atoms. The van der Waals surface area contributed by atoms with E-state index in [4.69, 9.17) is 9.47 Å². The van der Waals surface area contributed by atoms with E-state index in [2.05, 4.69) is 21.0 Å². The summed E-state index contributed by atoms with van der Waals surface area (Å²) in [6, 6.07) is 4.53. The molecule has 1 unspecified atom stereocenters. The minimum atomic E-state index is -0.975. The maximum Gasteiger partial charge on any atom is 0.278 e. The van der Waals surface area contributed by atoms with Gasteiger partial charge in [0.15, 0.2) is 0 Å². The molecule has 136 valence electrons. The Morgan fingerprint density at radius 3 is 2.58 bits per heavy atom. The van der Waals surface area contributed by atoms with E-state index in [-0.39, 0.29) is 17.9 Å². The fourth-order valence-electron chi connectivity index (χ4n) is 2.30. The molecule has 0 heterocycles. The van der Waals surface area contributed by atoms with Crippen molar-refractivity contribution in [3.63, 3.8) is 0 Å². The number of aliphatic hydroxyl groups is 1. The summed E-state index contributed by atoms with van der Waals surface area (Å²) >= 11 is 0. The normalized spacial score (nSPS) is 12.9. The third kappa shape index (κ3) is 6.43. The highest BCUT2D eigenvalue weighted by atomic mass is 16.6. The lowest BCUT2D eigenvalue weighted by Crippen LogP contribution is -2.40. The van der Waals surface area contributed by atoms with Crippen LogP contribution in [0, 0.1) is 10.1 Å². The summed E-state index contributed by atoms with van der Waals surface area (Å²) in [5.41, 5.74) is 0.0625. The van der Waals surface area contributed by atoms with Crippen LogP contribution in [-0.4, -0.2) is 61.5 Å². The van der Waals surface area contributed by atoms with E-state index in [1.54, 1.807) is 12.1 Å². The Morgan fingerprint density at radius 1 is 1.29 bits per heavy atom. The second-order valence-corrected chi connectivity index (χ2v) is 6.41. The van der Waals surface area contributed by atoms with Gasteiger partial charge in [-0.15, -0.1) is 0 Å². The maximum atomic E-state index is 11.0. The predicted molar refractivity (Wildman–Crippen MR) is 92.2 cm³/mol. The number of benzene rings is 1. The Hall–Kier alpha value is -1.70. The number of nitro groups is 1. The minimum Gasteiger partial charge on any atom is -0.491 e. The molecular weight excluding hydrogens is 312 g/mol. The molecular formula is C17H29N2O5+. The van der Waals surface area contributed by atoms with E-state index in [1.165, 1.54) is 13.0 Å². The molecule has 0 radical (unpaired) electrons. The van der Waals surface area contributed by atoms with Gasteiger partial charge in [-0.1, -0.05) is 6.07 Å². The van der Waals surface area contributed by atoms with Gasteiger partial charge in [0.25, 0.3) is 5.69 Å². The summed E-state index contributed by atoms with van der Waals surface area (Å²) in [6.45, 7) is 7.12. The molecule has 7 nitrogen and oxygen atoms in total. The summed E-state index contributed by atoms with van der Waals surface area (Å²) < 4.78 is 12.1. The molecule has 0 aliphatic heterocycles. The van der Waals surface area contributed by atoms with Crippen molar-refractivity contribution in [3.8, 4) is 5.75 Å². The lowest BCUT2D eigenvalue weighted by Gasteiger charge is -2.27. The van der Waals surface area contributed by atoms with Gasteiger partial charge in [-0.3, -0.25) is 10.1 Å². The minimum absolute atomic E-state index is 0.136. The predicted octanol–water partition coefficient (Wildman–Crippen LogP) is 2.53. The number of quaternary nitrogens is 1. The molecule has 1 atom stereocenters. The first-order chi connectivity index (χ1) is 11.3. The molecule has 1 aromatic rings. The van der Waals surface area contributed by atoms with E-state index < -0.39 is 11.0 Å². The number of ether oxygens (including phenoxy) is 2. The highest BCUT2D eigenvalue weighted by Crippen LogP contribution is 2.33. The Balaban J connectivity index is 2.43. The van der Waals surface area contributed by atoms with Crippen LogP contribution in [-0.2, 0) is 4.74 Å². The van der Waals surface area contributed by atoms with Gasteiger partial charge >= 0.3 is 0 Å². The van der Waals surface area contributed by atoms with E-state index in [1.807, 2.05) is 0 Å². The SMILES string of the molecule is CC[N+](C)(C)CCCOCCOc1cccc([N+](=O)[O-])c1C(C)O. The molecule has 7 heteroatoms. The van der Waals surface area contributed by atoms with Crippen LogP contribution >= 0.6 is 0 Å². The molecule has 0 bridgehead atoms. The summed E-state index contributed by atoms with van der Waals surface area (Å²) in [7, 11) is 4.37. The molecule has 1 aromatic carbocycles. The summed E-state index contributed by atoms with van der Waals surface area (Å²) in [5, 5.41) is 20.8. The number of aliphatic hydroxyl groups excluding tert-OH is 1. The monoisotopic (exact) mass is 341 g/mol. The van der Waals surface area contributed by atoms with Crippen LogP contribution in [0.15, 0.2) is 18.2 Å². The first kappa shape index (κ1) is 20.3.